The quantitative estimate of drug-likeness (QED) is 0.284. The molecule has 0 bridgehead atoms. The van der Waals surface area contributed by atoms with Gasteiger partial charge in [0.1, 0.15) is 0 Å². The highest BCUT2D eigenvalue weighted by molar-refractivity contribution is 8.00. The van der Waals surface area contributed by atoms with Crippen LogP contribution < -0.4 is 5.32 Å². The Morgan fingerprint density at radius 2 is 1.55 bits per heavy atom. The third-order valence-electron chi connectivity index (χ3n) is 5.12. The van der Waals surface area contributed by atoms with Gasteiger partial charge in [0.15, 0.2) is 5.16 Å². The second kappa shape index (κ2) is 10.2. The Labute approximate surface area is 196 Å². The van der Waals surface area contributed by atoms with Gasteiger partial charge in [0.2, 0.25) is 5.91 Å². The minimum Gasteiger partial charge on any atom is -0.478 e. The van der Waals surface area contributed by atoms with E-state index in [2.05, 4.69) is 10.3 Å². The lowest BCUT2D eigenvalue weighted by atomic mass is 10.1. The highest BCUT2D eigenvalue weighted by Gasteiger charge is 2.23. The van der Waals surface area contributed by atoms with Crippen molar-refractivity contribution in [1.29, 1.82) is 0 Å². The SMILES string of the molecule is CCC(Sc1nc(-c2ccccc2)c(-c2ccccc2)[nH]1)C(=O)Nc1ccccc1C(=O)O. The Morgan fingerprint density at radius 3 is 2.18 bits per heavy atom. The summed E-state index contributed by atoms with van der Waals surface area (Å²) in [5, 5.41) is 12.3. The largest absolute Gasteiger partial charge is 0.478 e. The van der Waals surface area contributed by atoms with Gasteiger partial charge in [-0.3, -0.25) is 4.79 Å². The van der Waals surface area contributed by atoms with Gasteiger partial charge in [-0.25, -0.2) is 9.78 Å². The molecular formula is C26H23N3O3S. The molecule has 6 nitrogen and oxygen atoms in total. The summed E-state index contributed by atoms with van der Waals surface area (Å²) in [6, 6.07) is 26.2. The van der Waals surface area contributed by atoms with E-state index in [1.54, 1.807) is 18.2 Å². The number of nitrogens with zero attached hydrogens (tertiary/aromatic N) is 1. The molecule has 3 N–H and O–H groups in total. The second-order valence-corrected chi connectivity index (χ2v) is 8.54. The van der Waals surface area contributed by atoms with Crippen LogP contribution in [0, 0.1) is 0 Å². The number of carbonyl (C=O) groups is 2. The molecule has 33 heavy (non-hydrogen) atoms. The highest BCUT2D eigenvalue weighted by atomic mass is 32.2. The number of para-hydroxylation sites is 1. The van der Waals surface area contributed by atoms with E-state index in [1.165, 1.54) is 17.8 Å². The summed E-state index contributed by atoms with van der Waals surface area (Å²) in [6.07, 6.45) is 0.549. The number of anilines is 1. The van der Waals surface area contributed by atoms with Gasteiger partial charge in [0.25, 0.3) is 0 Å². The minimum atomic E-state index is -1.09. The fourth-order valence-electron chi connectivity index (χ4n) is 3.47. The van der Waals surface area contributed by atoms with Crippen LogP contribution in [-0.4, -0.2) is 32.2 Å². The lowest BCUT2D eigenvalue weighted by molar-refractivity contribution is -0.115. The van der Waals surface area contributed by atoms with Crippen molar-refractivity contribution in [3.05, 3.63) is 90.5 Å². The summed E-state index contributed by atoms with van der Waals surface area (Å²) in [4.78, 5) is 32.7. The summed E-state index contributed by atoms with van der Waals surface area (Å²) in [5.74, 6) is -1.35. The number of carbonyl (C=O) groups excluding carboxylic acids is 1. The number of aromatic carboxylic acids is 1. The van der Waals surface area contributed by atoms with E-state index >= 15 is 0 Å². The number of carboxylic acids is 1. The number of carboxylic acid groups (broad SMARTS) is 1. The van der Waals surface area contributed by atoms with Gasteiger partial charge < -0.3 is 15.4 Å². The van der Waals surface area contributed by atoms with Gasteiger partial charge in [-0.05, 0) is 18.6 Å². The van der Waals surface area contributed by atoms with E-state index in [0.29, 0.717) is 11.6 Å². The Balaban J connectivity index is 1.62. The Hall–Kier alpha value is -3.84. The van der Waals surface area contributed by atoms with Crippen LogP contribution in [-0.2, 0) is 4.79 Å². The molecule has 4 rings (SSSR count). The number of aromatic nitrogens is 2. The third-order valence-corrected chi connectivity index (χ3v) is 6.37. The Bertz CT molecular complexity index is 1200. The van der Waals surface area contributed by atoms with Crippen molar-refractivity contribution in [2.75, 3.05) is 5.32 Å². The van der Waals surface area contributed by atoms with E-state index in [-0.39, 0.29) is 17.2 Å². The maximum Gasteiger partial charge on any atom is 0.337 e. The smallest absolute Gasteiger partial charge is 0.337 e. The van der Waals surface area contributed by atoms with Crippen molar-refractivity contribution in [3.63, 3.8) is 0 Å². The molecule has 0 spiro atoms. The average Bonchev–Trinajstić information content (AvgIpc) is 3.28. The Kier molecular flexibility index (Phi) is 6.90. The molecular weight excluding hydrogens is 434 g/mol. The van der Waals surface area contributed by atoms with Gasteiger partial charge >= 0.3 is 5.97 Å². The van der Waals surface area contributed by atoms with Crippen LogP contribution in [0.1, 0.15) is 23.7 Å². The molecule has 0 aliphatic rings. The molecule has 1 aromatic heterocycles. The maximum atomic E-state index is 13.0. The first-order chi connectivity index (χ1) is 16.1. The van der Waals surface area contributed by atoms with Crippen molar-refractivity contribution in [1.82, 2.24) is 9.97 Å². The standard InChI is InChI=1S/C26H23N3O3S/c1-2-21(24(30)27-20-16-10-9-15-19(20)25(31)32)33-26-28-22(17-11-5-3-6-12-17)23(29-26)18-13-7-4-8-14-18/h3-16,21H,2H2,1H3,(H,27,30)(H,28,29)(H,31,32). The van der Waals surface area contributed by atoms with Crippen LogP contribution in [0.15, 0.2) is 90.1 Å². The number of nitrogens with one attached hydrogen (secondary N) is 2. The highest BCUT2D eigenvalue weighted by Crippen LogP contribution is 2.34. The normalized spacial score (nSPS) is 11.7. The summed E-state index contributed by atoms with van der Waals surface area (Å²) in [5.41, 5.74) is 4.02. The van der Waals surface area contributed by atoms with Crippen LogP contribution in [0.2, 0.25) is 0 Å². The monoisotopic (exact) mass is 457 g/mol. The molecule has 1 heterocycles. The molecule has 166 valence electrons. The van der Waals surface area contributed by atoms with E-state index in [4.69, 9.17) is 4.98 Å². The topological polar surface area (TPSA) is 95.1 Å². The molecule has 4 aromatic rings. The lowest BCUT2D eigenvalue weighted by Gasteiger charge is -2.14. The van der Waals surface area contributed by atoms with Crippen molar-refractivity contribution < 1.29 is 14.7 Å². The van der Waals surface area contributed by atoms with Gasteiger partial charge in [-0.1, -0.05) is 91.5 Å². The first kappa shape index (κ1) is 22.4. The molecule has 0 saturated heterocycles. The lowest BCUT2D eigenvalue weighted by Crippen LogP contribution is -2.25. The zero-order chi connectivity index (χ0) is 23.2. The van der Waals surface area contributed by atoms with Crippen LogP contribution in [0.5, 0.6) is 0 Å². The molecule has 1 unspecified atom stereocenters. The Morgan fingerprint density at radius 1 is 0.939 bits per heavy atom. The summed E-state index contributed by atoms with van der Waals surface area (Å²) in [6.45, 7) is 1.92. The number of benzene rings is 3. The van der Waals surface area contributed by atoms with Crippen molar-refractivity contribution in [2.24, 2.45) is 0 Å². The predicted molar refractivity (Wildman–Crippen MR) is 131 cm³/mol. The minimum absolute atomic E-state index is 0.0569. The fraction of sp³-hybridized carbons (Fsp3) is 0.115. The van der Waals surface area contributed by atoms with Crippen LogP contribution in [0.4, 0.5) is 5.69 Å². The number of hydrogen-bond donors (Lipinski definition) is 3. The average molecular weight is 458 g/mol. The van der Waals surface area contributed by atoms with Crippen LogP contribution in [0.3, 0.4) is 0 Å². The molecule has 0 aliphatic heterocycles. The van der Waals surface area contributed by atoms with Gasteiger partial charge in [-0.2, -0.15) is 0 Å². The van der Waals surface area contributed by atoms with Crippen molar-refractivity contribution in [2.45, 2.75) is 23.8 Å². The van der Waals surface area contributed by atoms with E-state index in [1.807, 2.05) is 67.6 Å². The first-order valence-electron chi connectivity index (χ1n) is 10.6. The summed E-state index contributed by atoms with van der Waals surface area (Å²) < 4.78 is 0. The van der Waals surface area contributed by atoms with E-state index in [9.17, 15) is 14.7 Å². The number of thioether (sulfide) groups is 1. The number of aromatic amines is 1. The van der Waals surface area contributed by atoms with Crippen molar-refractivity contribution in [3.8, 4) is 22.5 Å². The second-order valence-electron chi connectivity index (χ2n) is 7.35. The molecule has 0 aliphatic carbocycles. The van der Waals surface area contributed by atoms with Gasteiger partial charge in [0, 0.05) is 11.1 Å². The molecule has 0 fully saturated rings. The van der Waals surface area contributed by atoms with E-state index in [0.717, 1.165) is 22.5 Å². The molecule has 0 radical (unpaired) electrons. The van der Waals surface area contributed by atoms with Crippen LogP contribution >= 0.6 is 11.8 Å². The zero-order valence-electron chi connectivity index (χ0n) is 18.0. The maximum absolute atomic E-state index is 13.0. The number of H-pyrrole nitrogens is 1. The van der Waals surface area contributed by atoms with Gasteiger partial charge in [-0.15, -0.1) is 0 Å². The molecule has 3 aromatic carbocycles. The third kappa shape index (κ3) is 5.15. The predicted octanol–water partition coefficient (Wildman–Crippen LogP) is 5.95. The van der Waals surface area contributed by atoms with Crippen LogP contribution in [0.25, 0.3) is 22.5 Å². The number of hydrogen-bond acceptors (Lipinski definition) is 4. The fourth-order valence-corrected chi connectivity index (χ4v) is 4.38. The zero-order valence-corrected chi connectivity index (χ0v) is 18.8. The first-order valence-corrected chi connectivity index (χ1v) is 11.5. The molecule has 0 saturated carbocycles. The molecule has 7 heteroatoms. The number of imidazole rings is 1. The summed E-state index contributed by atoms with van der Waals surface area (Å²) in [7, 11) is 0. The molecule has 1 amide bonds. The van der Waals surface area contributed by atoms with Gasteiger partial charge in [0.05, 0.1) is 27.9 Å². The van der Waals surface area contributed by atoms with Crippen molar-refractivity contribution >= 4 is 29.3 Å². The van der Waals surface area contributed by atoms with E-state index < -0.39 is 11.2 Å². The number of amides is 1. The summed E-state index contributed by atoms with van der Waals surface area (Å²) >= 11 is 1.33. The number of rotatable bonds is 8. The molecule has 1 atom stereocenters.